The van der Waals surface area contributed by atoms with Crippen molar-refractivity contribution >= 4 is 5.91 Å². The van der Waals surface area contributed by atoms with Gasteiger partial charge in [-0.25, -0.2) is 4.39 Å². The average Bonchev–Trinajstić information content (AvgIpc) is 2.81. The summed E-state index contributed by atoms with van der Waals surface area (Å²) in [7, 11) is 0. The molecular formula is C15H21FN2O. The molecule has 1 aliphatic rings. The van der Waals surface area contributed by atoms with Crippen LogP contribution in [0, 0.1) is 5.82 Å². The van der Waals surface area contributed by atoms with Gasteiger partial charge < -0.3 is 5.32 Å². The quantitative estimate of drug-likeness (QED) is 0.885. The van der Waals surface area contributed by atoms with Gasteiger partial charge in [-0.15, -0.1) is 0 Å². The van der Waals surface area contributed by atoms with Gasteiger partial charge in [-0.05, 0) is 43.1 Å². The molecule has 1 unspecified atom stereocenters. The second-order valence-electron chi connectivity index (χ2n) is 4.93. The molecule has 0 bridgehead atoms. The Labute approximate surface area is 113 Å². The number of nitrogens with zero attached hydrogens (tertiary/aromatic N) is 1. The van der Waals surface area contributed by atoms with E-state index in [1.165, 1.54) is 6.07 Å². The number of carbonyl (C=O) groups excluding carboxylic acids is 1. The number of likely N-dealkylation sites (N-methyl/N-ethyl adjacent to an activating group) is 1. The zero-order valence-corrected chi connectivity index (χ0v) is 11.6. The first-order valence-corrected chi connectivity index (χ1v) is 6.94. The standard InChI is InChI=1S/C15H21FN2O/c1-3-18(4-2)10-15(19)17-14-9-8-11-12(14)6-5-7-13(11)16/h5-7,14H,3-4,8-10H2,1-2H3,(H,17,19). The minimum atomic E-state index is -0.155. The van der Waals surface area contributed by atoms with Crippen LogP contribution in [-0.2, 0) is 11.2 Å². The summed E-state index contributed by atoms with van der Waals surface area (Å²) >= 11 is 0. The molecule has 4 heteroatoms. The number of halogens is 1. The van der Waals surface area contributed by atoms with E-state index in [0.717, 1.165) is 30.6 Å². The highest BCUT2D eigenvalue weighted by Crippen LogP contribution is 2.32. The van der Waals surface area contributed by atoms with Crippen LogP contribution >= 0.6 is 0 Å². The Kier molecular flexibility index (Phi) is 4.53. The predicted molar refractivity (Wildman–Crippen MR) is 73.4 cm³/mol. The van der Waals surface area contributed by atoms with Crippen LogP contribution in [0.1, 0.15) is 37.4 Å². The van der Waals surface area contributed by atoms with Crippen molar-refractivity contribution in [2.45, 2.75) is 32.7 Å². The van der Waals surface area contributed by atoms with E-state index >= 15 is 0 Å². The molecule has 3 nitrogen and oxygen atoms in total. The van der Waals surface area contributed by atoms with Crippen LogP contribution in [0.3, 0.4) is 0 Å². The lowest BCUT2D eigenvalue weighted by atomic mass is 10.1. The van der Waals surface area contributed by atoms with Crippen molar-refractivity contribution in [1.82, 2.24) is 10.2 Å². The molecule has 0 saturated carbocycles. The molecule has 1 atom stereocenters. The number of nitrogens with one attached hydrogen (secondary N) is 1. The monoisotopic (exact) mass is 264 g/mol. The Hall–Kier alpha value is -1.42. The van der Waals surface area contributed by atoms with Gasteiger partial charge in [0.15, 0.2) is 0 Å². The second kappa shape index (κ2) is 6.15. The average molecular weight is 264 g/mol. The molecule has 1 aromatic carbocycles. The summed E-state index contributed by atoms with van der Waals surface area (Å²) in [5, 5.41) is 3.01. The fourth-order valence-electron chi connectivity index (χ4n) is 2.65. The molecule has 104 valence electrons. The van der Waals surface area contributed by atoms with Gasteiger partial charge in [-0.1, -0.05) is 26.0 Å². The third-order valence-electron chi connectivity index (χ3n) is 3.81. The maximum atomic E-state index is 13.6. The summed E-state index contributed by atoms with van der Waals surface area (Å²) < 4.78 is 13.6. The third kappa shape index (κ3) is 3.13. The molecular weight excluding hydrogens is 243 g/mol. The van der Waals surface area contributed by atoms with Gasteiger partial charge in [0.25, 0.3) is 0 Å². The van der Waals surface area contributed by atoms with Crippen LogP contribution in [0.5, 0.6) is 0 Å². The molecule has 1 N–H and O–H groups in total. The normalized spacial score (nSPS) is 17.6. The molecule has 0 spiro atoms. The first-order chi connectivity index (χ1) is 9.15. The highest BCUT2D eigenvalue weighted by atomic mass is 19.1. The van der Waals surface area contributed by atoms with Gasteiger partial charge in [0.1, 0.15) is 5.82 Å². The number of hydrogen-bond donors (Lipinski definition) is 1. The molecule has 0 aromatic heterocycles. The Morgan fingerprint density at radius 3 is 2.84 bits per heavy atom. The number of benzene rings is 1. The maximum Gasteiger partial charge on any atom is 0.234 e. The molecule has 19 heavy (non-hydrogen) atoms. The second-order valence-corrected chi connectivity index (χ2v) is 4.93. The van der Waals surface area contributed by atoms with Crippen LogP contribution in [-0.4, -0.2) is 30.4 Å². The molecule has 0 fully saturated rings. The van der Waals surface area contributed by atoms with E-state index in [4.69, 9.17) is 0 Å². The van der Waals surface area contributed by atoms with Crippen molar-refractivity contribution in [2.75, 3.05) is 19.6 Å². The molecule has 0 aliphatic heterocycles. The third-order valence-corrected chi connectivity index (χ3v) is 3.81. The largest absolute Gasteiger partial charge is 0.348 e. The Balaban J connectivity index is 1.99. The van der Waals surface area contributed by atoms with E-state index in [2.05, 4.69) is 10.2 Å². The molecule has 1 amide bonds. The highest BCUT2D eigenvalue weighted by molar-refractivity contribution is 5.78. The number of hydrogen-bond acceptors (Lipinski definition) is 2. The molecule has 2 rings (SSSR count). The van der Waals surface area contributed by atoms with E-state index < -0.39 is 0 Å². The van der Waals surface area contributed by atoms with Crippen molar-refractivity contribution in [2.24, 2.45) is 0 Å². The zero-order chi connectivity index (χ0) is 13.8. The molecule has 1 aliphatic carbocycles. The van der Waals surface area contributed by atoms with Gasteiger partial charge in [0.05, 0.1) is 12.6 Å². The van der Waals surface area contributed by atoms with E-state index in [0.29, 0.717) is 13.0 Å². The fraction of sp³-hybridized carbons (Fsp3) is 0.533. The van der Waals surface area contributed by atoms with E-state index in [-0.39, 0.29) is 17.8 Å². The summed E-state index contributed by atoms with van der Waals surface area (Å²) in [6, 6.07) is 5.07. The first kappa shape index (κ1) is 14.0. The van der Waals surface area contributed by atoms with Crippen LogP contribution in [0.4, 0.5) is 4.39 Å². The molecule has 0 heterocycles. The van der Waals surface area contributed by atoms with E-state index in [1.54, 1.807) is 6.07 Å². The van der Waals surface area contributed by atoms with Crippen molar-refractivity contribution in [3.05, 3.63) is 35.1 Å². The van der Waals surface area contributed by atoms with Crippen LogP contribution in [0.25, 0.3) is 0 Å². The van der Waals surface area contributed by atoms with Crippen molar-refractivity contribution in [1.29, 1.82) is 0 Å². The SMILES string of the molecule is CCN(CC)CC(=O)NC1CCc2c(F)cccc21. The number of fused-ring (bicyclic) bond motifs is 1. The topological polar surface area (TPSA) is 32.3 Å². The summed E-state index contributed by atoms with van der Waals surface area (Å²) in [5.41, 5.74) is 1.70. The smallest absolute Gasteiger partial charge is 0.234 e. The predicted octanol–water partition coefficient (Wildman–Crippen LogP) is 2.27. The van der Waals surface area contributed by atoms with Crippen molar-refractivity contribution in [3.63, 3.8) is 0 Å². The zero-order valence-electron chi connectivity index (χ0n) is 11.6. The van der Waals surface area contributed by atoms with E-state index in [9.17, 15) is 9.18 Å². The minimum Gasteiger partial charge on any atom is -0.348 e. The minimum absolute atomic E-state index is 0.0193. The van der Waals surface area contributed by atoms with E-state index in [1.807, 2.05) is 19.9 Å². The van der Waals surface area contributed by atoms with Crippen molar-refractivity contribution < 1.29 is 9.18 Å². The van der Waals surface area contributed by atoms with Gasteiger partial charge in [0, 0.05) is 0 Å². The number of amides is 1. The Bertz CT molecular complexity index is 457. The fourth-order valence-corrected chi connectivity index (χ4v) is 2.65. The van der Waals surface area contributed by atoms with Crippen LogP contribution in [0.2, 0.25) is 0 Å². The summed E-state index contributed by atoms with van der Waals surface area (Å²) in [5.74, 6) is -0.135. The molecule has 1 aromatic rings. The van der Waals surface area contributed by atoms with Crippen LogP contribution < -0.4 is 5.32 Å². The Morgan fingerprint density at radius 2 is 2.16 bits per heavy atom. The highest BCUT2D eigenvalue weighted by Gasteiger charge is 2.26. The molecule has 0 radical (unpaired) electrons. The summed E-state index contributed by atoms with van der Waals surface area (Å²) in [6.07, 6.45) is 1.50. The van der Waals surface area contributed by atoms with Gasteiger partial charge in [0.2, 0.25) is 5.91 Å². The maximum absolute atomic E-state index is 13.6. The summed E-state index contributed by atoms with van der Waals surface area (Å²) in [4.78, 5) is 14.0. The van der Waals surface area contributed by atoms with Crippen molar-refractivity contribution in [3.8, 4) is 0 Å². The number of rotatable bonds is 5. The lowest BCUT2D eigenvalue weighted by Crippen LogP contribution is -2.38. The number of carbonyl (C=O) groups is 1. The lowest BCUT2D eigenvalue weighted by molar-refractivity contribution is -0.122. The lowest BCUT2D eigenvalue weighted by Gasteiger charge is -2.20. The van der Waals surface area contributed by atoms with Gasteiger partial charge in [-0.2, -0.15) is 0 Å². The Morgan fingerprint density at radius 1 is 1.42 bits per heavy atom. The molecule has 0 saturated heterocycles. The van der Waals surface area contributed by atoms with Gasteiger partial charge >= 0.3 is 0 Å². The van der Waals surface area contributed by atoms with Crippen LogP contribution in [0.15, 0.2) is 18.2 Å². The summed E-state index contributed by atoms with van der Waals surface area (Å²) in [6.45, 7) is 6.21. The van der Waals surface area contributed by atoms with Gasteiger partial charge in [-0.3, -0.25) is 9.69 Å². The first-order valence-electron chi connectivity index (χ1n) is 6.94.